The highest BCUT2D eigenvalue weighted by atomic mass is 16.5. The molecule has 0 saturated heterocycles. The first-order valence-corrected chi connectivity index (χ1v) is 5.35. The van der Waals surface area contributed by atoms with Crippen LogP contribution in [0, 0.1) is 5.92 Å². The average molecular weight is 208 g/mol. The quantitative estimate of drug-likeness (QED) is 0.821. The van der Waals surface area contributed by atoms with Crippen molar-refractivity contribution in [3.05, 3.63) is 18.1 Å². The van der Waals surface area contributed by atoms with Crippen LogP contribution in [0.5, 0.6) is 5.88 Å². The summed E-state index contributed by atoms with van der Waals surface area (Å²) >= 11 is 0. The summed E-state index contributed by atoms with van der Waals surface area (Å²) in [6.07, 6.45) is 5.57. The maximum Gasteiger partial charge on any atom is 0.216 e. The van der Waals surface area contributed by atoms with E-state index >= 15 is 0 Å². The topological polar surface area (TPSA) is 55.2 Å². The van der Waals surface area contributed by atoms with Crippen LogP contribution in [0.4, 0.5) is 0 Å². The van der Waals surface area contributed by atoms with E-state index < -0.39 is 6.10 Å². The Morgan fingerprint density at radius 1 is 1.40 bits per heavy atom. The predicted octanol–water partition coefficient (Wildman–Crippen LogP) is 1.71. The number of aromatic nitrogens is 2. The lowest BCUT2D eigenvalue weighted by molar-refractivity contribution is 0.107. The second-order valence-corrected chi connectivity index (χ2v) is 3.97. The van der Waals surface area contributed by atoms with Crippen molar-refractivity contribution in [1.29, 1.82) is 0 Å². The lowest BCUT2D eigenvalue weighted by Gasteiger charge is -2.16. The molecular weight excluding hydrogens is 192 g/mol. The van der Waals surface area contributed by atoms with Crippen LogP contribution < -0.4 is 4.74 Å². The van der Waals surface area contributed by atoms with Gasteiger partial charge in [-0.3, -0.25) is 0 Å². The van der Waals surface area contributed by atoms with Crippen LogP contribution in [0.15, 0.2) is 12.4 Å². The molecule has 1 aromatic rings. The van der Waals surface area contributed by atoms with E-state index in [0.717, 1.165) is 12.8 Å². The van der Waals surface area contributed by atoms with Crippen molar-refractivity contribution >= 4 is 0 Å². The van der Waals surface area contributed by atoms with Crippen molar-refractivity contribution in [1.82, 2.24) is 9.97 Å². The third-order valence-corrected chi connectivity index (χ3v) is 3.02. The Labute approximate surface area is 89.3 Å². The van der Waals surface area contributed by atoms with Gasteiger partial charge >= 0.3 is 0 Å². The third kappa shape index (κ3) is 2.26. The Morgan fingerprint density at radius 3 is 2.80 bits per heavy atom. The summed E-state index contributed by atoms with van der Waals surface area (Å²) in [5, 5.41) is 10.1. The van der Waals surface area contributed by atoms with Gasteiger partial charge in [-0.15, -0.1) is 0 Å². The van der Waals surface area contributed by atoms with E-state index in [1.54, 1.807) is 13.2 Å². The molecule has 1 saturated carbocycles. The maximum atomic E-state index is 10.1. The molecule has 4 nitrogen and oxygen atoms in total. The van der Waals surface area contributed by atoms with E-state index in [-0.39, 0.29) is 0 Å². The van der Waals surface area contributed by atoms with Crippen LogP contribution in [-0.4, -0.2) is 22.2 Å². The second-order valence-electron chi connectivity index (χ2n) is 3.97. The van der Waals surface area contributed by atoms with Gasteiger partial charge in [-0.25, -0.2) is 9.97 Å². The molecule has 0 spiro atoms. The van der Waals surface area contributed by atoms with Gasteiger partial charge in [0.05, 0.1) is 18.9 Å². The van der Waals surface area contributed by atoms with Gasteiger partial charge in [0.1, 0.15) is 6.33 Å². The first kappa shape index (κ1) is 10.4. The lowest BCUT2D eigenvalue weighted by Crippen LogP contribution is -2.11. The van der Waals surface area contributed by atoms with E-state index in [4.69, 9.17) is 4.74 Å². The fourth-order valence-electron chi connectivity index (χ4n) is 2.14. The molecule has 1 aliphatic carbocycles. The van der Waals surface area contributed by atoms with Crippen molar-refractivity contribution in [2.24, 2.45) is 5.92 Å². The van der Waals surface area contributed by atoms with Crippen LogP contribution in [0.2, 0.25) is 0 Å². The smallest absolute Gasteiger partial charge is 0.216 e. The molecule has 0 radical (unpaired) electrons. The molecule has 4 heteroatoms. The Bertz CT molecular complexity index is 324. The van der Waals surface area contributed by atoms with Gasteiger partial charge in [0.15, 0.2) is 0 Å². The highest BCUT2D eigenvalue weighted by Gasteiger charge is 2.25. The number of nitrogens with zero attached hydrogens (tertiary/aromatic N) is 2. The zero-order valence-corrected chi connectivity index (χ0v) is 8.89. The van der Waals surface area contributed by atoms with Crippen LogP contribution in [0.3, 0.4) is 0 Å². The fourth-order valence-corrected chi connectivity index (χ4v) is 2.14. The molecule has 1 aliphatic rings. The molecule has 0 bridgehead atoms. The minimum absolute atomic E-state index is 0.351. The summed E-state index contributed by atoms with van der Waals surface area (Å²) in [7, 11) is 1.56. The van der Waals surface area contributed by atoms with Gasteiger partial charge in [-0.2, -0.15) is 0 Å². The van der Waals surface area contributed by atoms with Gasteiger partial charge in [0, 0.05) is 6.07 Å². The Morgan fingerprint density at radius 2 is 2.13 bits per heavy atom. The molecule has 0 aliphatic heterocycles. The average Bonchev–Trinajstić information content (AvgIpc) is 2.81. The normalized spacial score (nSPS) is 19.1. The predicted molar refractivity (Wildman–Crippen MR) is 55.5 cm³/mol. The molecule has 1 atom stereocenters. The molecular formula is C11H16N2O2. The van der Waals surface area contributed by atoms with Gasteiger partial charge in [0.2, 0.25) is 5.88 Å². The van der Waals surface area contributed by atoms with Gasteiger partial charge in [0.25, 0.3) is 0 Å². The summed E-state index contributed by atoms with van der Waals surface area (Å²) in [5.74, 6) is 0.863. The molecule has 1 unspecified atom stereocenters. The van der Waals surface area contributed by atoms with Crippen molar-refractivity contribution < 1.29 is 9.84 Å². The monoisotopic (exact) mass is 208 g/mol. The van der Waals surface area contributed by atoms with Crippen LogP contribution in [0.25, 0.3) is 0 Å². The first-order chi connectivity index (χ1) is 7.31. The number of hydrogen-bond acceptors (Lipinski definition) is 4. The molecule has 1 aromatic heterocycles. The summed E-state index contributed by atoms with van der Waals surface area (Å²) in [5.41, 5.74) is 0.675. The number of aliphatic hydroxyl groups excluding tert-OH is 1. The summed E-state index contributed by atoms with van der Waals surface area (Å²) in [4.78, 5) is 8.01. The van der Waals surface area contributed by atoms with E-state index in [1.165, 1.54) is 19.2 Å². The molecule has 1 N–H and O–H groups in total. The Balaban J connectivity index is 2.13. The van der Waals surface area contributed by atoms with Crippen molar-refractivity contribution in [2.75, 3.05) is 7.11 Å². The van der Waals surface area contributed by atoms with Crippen LogP contribution in [-0.2, 0) is 0 Å². The van der Waals surface area contributed by atoms with Crippen molar-refractivity contribution in [3.63, 3.8) is 0 Å². The summed E-state index contributed by atoms with van der Waals surface area (Å²) < 4.78 is 5.01. The minimum atomic E-state index is -0.468. The van der Waals surface area contributed by atoms with E-state index in [2.05, 4.69) is 9.97 Å². The van der Waals surface area contributed by atoms with Crippen LogP contribution in [0.1, 0.15) is 37.5 Å². The molecule has 15 heavy (non-hydrogen) atoms. The maximum absolute atomic E-state index is 10.1. The number of aliphatic hydroxyl groups is 1. The molecule has 1 fully saturated rings. The Hall–Kier alpha value is -1.16. The van der Waals surface area contributed by atoms with E-state index in [9.17, 15) is 5.11 Å². The largest absolute Gasteiger partial charge is 0.481 e. The number of methoxy groups -OCH3 is 1. The van der Waals surface area contributed by atoms with Gasteiger partial charge < -0.3 is 9.84 Å². The highest BCUT2D eigenvalue weighted by molar-refractivity contribution is 5.16. The summed E-state index contributed by atoms with van der Waals surface area (Å²) in [6.45, 7) is 0. The van der Waals surface area contributed by atoms with Crippen molar-refractivity contribution in [2.45, 2.75) is 31.8 Å². The third-order valence-electron chi connectivity index (χ3n) is 3.02. The van der Waals surface area contributed by atoms with Crippen molar-refractivity contribution in [3.8, 4) is 5.88 Å². The fraction of sp³-hybridized carbons (Fsp3) is 0.636. The van der Waals surface area contributed by atoms with E-state index in [0.29, 0.717) is 17.5 Å². The number of ether oxygens (including phenoxy) is 1. The lowest BCUT2D eigenvalue weighted by atomic mass is 9.98. The number of rotatable bonds is 3. The van der Waals surface area contributed by atoms with Gasteiger partial charge in [-0.05, 0) is 18.8 Å². The number of hydrogen-bond donors (Lipinski definition) is 1. The second kappa shape index (κ2) is 4.57. The molecule has 0 amide bonds. The zero-order valence-electron chi connectivity index (χ0n) is 8.89. The zero-order chi connectivity index (χ0) is 10.7. The molecule has 82 valence electrons. The molecule has 2 rings (SSSR count). The first-order valence-electron chi connectivity index (χ1n) is 5.35. The van der Waals surface area contributed by atoms with Gasteiger partial charge in [-0.1, -0.05) is 12.8 Å². The van der Waals surface area contributed by atoms with E-state index in [1.807, 2.05) is 0 Å². The standard InChI is InChI=1S/C11H16N2O2/c1-15-10-6-9(12-7-13-10)11(14)8-4-2-3-5-8/h6-8,11,14H,2-5H2,1H3. The SMILES string of the molecule is COc1cc(C(O)C2CCCC2)ncn1. The molecule has 0 aromatic carbocycles. The highest BCUT2D eigenvalue weighted by Crippen LogP contribution is 2.35. The minimum Gasteiger partial charge on any atom is -0.481 e. The van der Waals surface area contributed by atoms with Crippen LogP contribution >= 0.6 is 0 Å². The summed E-state index contributed by atoms with van der Waals surface area (Å²) in [6, 6.07) is 1.71. The Kier molecular flexibility index (Phi) is 3.16. The molecule has 1 heterocycles.